The van der Waals surface area contributed by atoms with E-state index in [1.807, 2.05) is 0 Å². The van der Waals surface area contributed by atoms with Crippen LogP contribution in [0.4, 0.5) is 0 Å². The highest BCUT2D eigenvalue weighted by molar-refractivity contribution is 5.78. The topological polar surface area (TPSA) is 35.6 Å². The monoisotopic (exact) mass is 315 g/mol. The van der Waals surface area contributed by atoms with Crippen LogP contribution < -0.4 is 5.32 Å². The van der Waals surface area contributed by atoms with Gasteiger partial charge in [-0.3, -0.25) is 9.69 Å². The lowest BCUT2D eigenvalue weighted by Crippen LogP contribution is -2.53. The van der Waals surface area contributed by atoms with E-state index in [0.717, 1.165) is 26.2 Å². The molecular weight excluding hydrogens is 286 g/mol. The van der Waals surface area contributed by atoms with E-state index in [4.69, 9.17) is 0 Å². The molecule has 126 valence electrons. The van der Waals surface area contributed by atoms with Crippen LogP contribution in [0.25, 0.3) is 0 Å². The molecular formula is C19H29N3O. The van der Waals surface area contributed by atoms with E-state index in [-0.39, 0.29) is 5.91 Å². The maximum atomic E-state index is 12.3. The van der Waals surface area contributed by atoms with Crippen LogP contribution in [-0.2, 0) is 11.2 Å². The Bertz CT molecular complexity index is 545. The van der Waals surface area contributed by atoms with Crippen molar-refractivity contribution in [3.05, 3.63) is 35.4 Å². The predicted molar refractivity (Wildman–Crippen MR) is 93.7 cm³/mol. The van der Waals surface area contributed by atoms with Gasteiger partial charge in [-0.05, 0) is 44.4 Å². The molecule has 1 aromatic rings. The largest absolute Gasteiger partial charge is 0.354 e. The van der Waals surface area contributed by atoms with Crippen molar-refractivity contribution in [3.63, 3.8) is 0 Å². The Morgan fingerprint density at radius 3 is 2.96 bits per heavy atom. The summed E-state index contributed by atoms with van der Waals surface area (Å²) in [6, 6.07) is 9.15. The molecule has 1 aliphatic carbocycles. The Labute approximate surface area is 139 Å². The number of benzene rings is 1. The van der Waals surface area contributed by atoms with Crippen LogP contribution in [0, 0.1) is 0 Å². The van der Waals surface area contributed by atoms with Crippen LogP contribution in [0.5, 0.6) is 0 Å². The van der Waals surface area contributed by atoms with Crippen molar-refractivity contribution in [1.29, 1.82) is 0 Å². The summed E-state index contributed by atoms with van der Waals surface area (Å²) >= 11 is 0. The molecule has 2 atom stereocenters. The quantitative estimate of drug-likeness (QED) is 0.921. The number of piperazine rings is 1. The summed E-state index contributed by atoms with van der Waals surface area (Å²) < 4.78 is 0. The molecule has 4 nitrogen and oxygen atoms in total. The molecule has 0 aromatic heterocycles. The molecule has 3 rings (SSSR count). The van der Waals surface area contributed by atoms with Gasteiger partial charge < -0.3 is 10.2 Å². The second-order valence-electron chi connectivity index (χ2n) is 7.17. The van der Waals surface area contributed by atoms with E-state index in [1.165, 1.54) is 30.4 Å². The van der Waals surface area contributed by atoms with E-state index in [0.29, 0.717) is 18.5 Å². The van der Waals surface area contributed by atoms with Crippen LogP contribution in [0.1, 0.15) is 36.8 Å². The first kappa shape index (κ1) is 16.5. The van der Waals surface area contributed by atoms with Crippen molar-refractivity contribution in [1.82, 2.24) is 15.1 Å². The number of hydrogen-bond donors (Lipinski definition) is 1. The number of rotatable bonds is 4. The van der Waals surface area contributed by atoms with Gasteiger partial charge in [-0.2, -0.15) is 0 Å². The summed E-state index contributed by atoms with van der Waals surface area (Å²) in [5.74, 6) is 0.651. The van der Waals surface area contributed by atoms with Gasteiger partial charge in [0, 0.05) is 38.1 Å². The maximum Gasteiger partial charge on any atom is 0.234 e. The van der Waals surface area contributed by atoms with Gasteiger partial charge in [0.1, 0.15) is 0 Å². The van der Waals surface area contributed by atoms with Crippen LogP contribution >= 0.6 is 0 Å². The first-order chi connectivity index (χ1) is 11.1. The van der Waals surface area contributed by atoms with Crippen molar-refractivity contribution < 1.29 is 4.79 Å². The molecule has 0 spiro atoms. The molecule has 23 heavy (non-hydrogen) atoms. The van der Waals surface area contributed by atoms with E-state index in [2.05, 4.69) is 53.4 Å². The molecule has 1 amide bonds. The number of amides is 1. The molecule has 4 heteroatoms. The molecule has 1 N–H and O–H groups in total. The van der Waals surface area contributed by atoms with Crippen molar-refractivity contribution in [2.45, 2.75) is 38.1 Å². The van der Waals surface area contributed by atoms with Gasteiger partial charge in [0.05, 0.1) is 6.54 Å². The number of nitrogens with one attached hydrogen (secondary N) is 1. The number of aryl methyl sites for hydroxylation is 1. The fourth-order valence-corrected chi connectivity index (χ4v) is 3.96. The third kappa shape index (κ3) is 4.12. The van der Waals surface area contributed by atoms with Crippen LogP contribution in [-0.4, -0.2) is 61.5 Å². The predicted octanol–water partition coefficient (Wildman–Crippen LogP) is 1.86. The number of carbonyl (C=O) groups is 1. The van der Waals surface area contributed by atoms with E-state index >= 15 is 0 Å². The summed E-state index contributed by atoms with van der Waals surface area (Å²) in [5.41, 5.74) is 2.90. The van der Waals surface area contributed by atoms with Crippen LogP contribution in [0.2, 0.25) is 0 Å². The van der Waals surface area contributed by atoms with E-state index < -0.39 is 0 Å². The highest BCUT2D eigenvalue weighted by Gasteiger charge is 2.24. The minimum absolute atomic E-state index is 0.171. The van der Waals surface area contributed by atoms with Crippen molar-refractivity contribution in [2.24, 2.45) is 0 Å². The highest BCUT2D eigenvalue weighted by Crippen LogP contribution is 2.30. The zero-order valence-electron chi connectivity index (χ0n) is 14.4. The molecule has 1 aliphatic heterocycles. The van der Waals surface area contributed by atoms with Gasteiger partial charge in [0.2, 0.25) is 5.91 Å². The molecule has 1 fully saturated rings. The van der Waals surface area contributed by atoms with Gasteiger partial charge in [0.15, 0.2) is 0 Å². The van der Waals surface area contributed by atoms with Crippen LogP contribution in [0.3, 0.4) is 0 Å². The summed E-state index contributed by atoms with van der Waals surface area (Å²) in [5, 5.41) is 3.18. The molecule has 0 radical (unpaired) electrons. The van der Waals surface area contributed by atoms with Crippen molar-refractivity contribution in [3.8, 4) is 0 Å². The van der Waals surface area contributed by atoms with Crippen LogP contribution in [0.15, 0.2) is 24.3 Å². The Hall–Kier alpha value is -1.39. The lowest BCUT2D eigenvalue weighted by molar-refractivity contribution is -0.123. The molecule has 0 unspecified atom stereocenters. The number of nitrogens with zero attached hydrogens (tertiary/aromatic N) is 2. The molecule has 0 bridgehead atoms. The summed E-state index contributed by atoms with van der Waals surface area (Å²) in [6.45, 7) is 6.59. The normalized spacial score (nSPS) is 25.8. The second-order valence-corrected chi connectivity index (χ2v) is 7.17. The van der Waals surface area contributed by atoms with E-state index in [1.54, 1.807) is 0 Å². The lowest BCUT2D eigenvalue weighted by Gasteiger charge is -2.37. The van der Waals surface area contributed by atoms with Gasteiger partial charge in [-0.25, -0.2) is 0 Å². The summed E-state index contributed by atoms with van der Waals surface area (Å²) in [6.07, 6.45) is 3.59. The van der Waals surface area contributed by atoms with E-state index in [9.17, 15) is 4.79 Å². The fraction of sp³-hybridized carbons (Fsp3) is 0.632. The zero-order chi connectivity index (χ0) is 16.2. The molecule has 1 aromatic carbocycles. The lowest BCUT2D eigenvalue weighted by atomic mass is 9.83. The Morgan fingerprint density at radius 1 is 1.30 bits per heavy atom. The maximum absolute atomic E-state index is 12.3. The Balaban J connectivity index is 1.50. The molecule has 1 saturated heterocycles. The average molecular weight is 315 g/mol. The molecule has 2 aliphatic rings. The third-order valence-electron chi connectivity index (χ3n) is 5.35. The van der Waals surface area contributed by atoms with Crippen molar-refractivity contribution >= 4 is 5.91 Å². The SMILES string of the molecule is C[C@@H]1CN(C)CCN1CC(=O)NC[C@H]1CCCc2ccccc21. The second kappa shape index (κ2) is 7.45. The highest BCUT2D eigenvalue weighted by atomic mass is 16.2. The minimum Gasteiger partial charge on any atom is -0.354 e. The van der Waals surface area contributed by atoms with Gasteiger partial charge >= 0.3 is 0 Å². The standard InChI is InChI=1S/C19H29N3O/c1-15-13-21(2)10-11-22(15)14-19(23)20-12-17-8-5-7-16-6-3-4-9-18(16)17/h3-4,6,9,15,17H,5,7-8,10-14H2,1-2H3,(H,20,23)/t15-,17-/m1/s1. The summed E-state index contributed by atoms with van der Waals surface area (Å²) in [4.78, 5) is 17.0. The number of hydrogen-bond acceptors (Lipinski definition) is 3. The summed E-state index contributed by atoms with van der Waals surface area (Å²) in [7, 11) is 2.15. The molecule has 1 heterocycles. The Kier molecular flexibility index (Phi) is 5.34. The van der Waals surface area contributed by atoms with Gasteiger partial charge in [-0.1, -0.05) is 24.3 Å². The fourth-order valence-electron chi connectivity index (χ4n) is 3.96. The number of likely N-dealkylation sites (N-methyl/N-ethyl adjacent to an activating group) is 1. The number of fused-ring (bicyclic) bond motifs is 1. The smallest absolute Gasteiger partial charge is 0.234 e. The number of carbonyl (C=O) groups excluding carboxylic acids is 1. The Morgan fingerprint density at radius 2 is 2.13 bits per heavy atom. The zero-order valence-corrected chi connectivity index (χ0v) is 14.4. The first-order valence-electron chi connectivity index (χ1n) is 8.90. The first-order valence-corrected chi connectivity index (χ1v) is 8.90. The third-order valence-corrected chi connectivity index (χ3v) is 5.35. The van der Waals surface area contributed by atoms with Crippen molar-refractivity contribution in [2.75, 3.05) is 39.8 Å². The molecule has 0 saturated carbocycles. The van der Waals surface area contributed by atoms with Gasteiger partial charge in [-0.15, -0.1) is 0 Å². The average Bonchev–Trinajstić information content (AvgIpc) is 2.55. The minimum atomic E-state index is 0.171. The van der Waals surface area contributed by atoms with Gasteiger partial charge in [0.25, 0.3) is 0 Å².